The smallest absolute Gasteiger partial charge is 0.262 e. The molecule has 6 heteroatoms. The summed E-state index contributed by atoms with van der Waals surface area (Å²) in [7, 11) is 1.57. The van der Waals surface area contributed by atoms with Gasteiger partial charge < -0.3 is 20.1 Å². The first-order chi connectivity index (χ1) is 15.0. The van der Waals surface area contributed by atoms with Gasteiger partial charge in [-0.3, -0.25) is 9.59 Å². The Balaban J connectivity index is 1.52. The Morgan fingerprint density at radius 2 is 1.68 bits per heavy atom. The second-order valence-corrected chi connectivity index (χ2v) is 7.14. The molecule has 0 bridgehead atoms. The van der Waals surface area contributed by atoms with E-state index in [0.717, 1.165) is 11.1 Å². The molecule has 1 atom stereocenters. The molecule has 0 saturated carbocycles. The summed E-state index contributed by atoms with van der Waals surface area (Å²) in [5, 5.41) is 5.76. The predicted molar refractivity (Wildman–Crippen MR) is 121 cm³/mol. The van der Waals surface area contributed by atoms with Gasteiger partial charge in [0.15, 0.2) is 6.61 Å². The quantitative estimate of drug-likeness (QED) is 0.564. The maximum atomic E-state index is 12.5. The number of rotatable bonds is 8. The van der Waals surface area contributed by atoms with Crippen molar-refractivity contribution in [3.8, 4) is 11.5 Å². The van der Waals surface area contributed by atoms with Crippen LogP contribution < -0.4 is 20.1 Å². The van der Waals surface area contributed by atoms with Crippen molar-refractivity contribution in [1.29, 1.82) is 0 Å². The van der Waals surface area contributed by atoms with Gasteiger partial charge >= 0.3 is 0 Å². The summed E-state index contributed by atoms with van der Waals surface area (Å²) < 4.78 is 10.7. The molecule has 6 nitrogen and oxygen atoms in total. The van der Waals surface area contributed by atoms with Gasteiger partial charge in [-0.25, -0.2) is 0 Å². The van der Waals surface area contributed by atoms with Crippen LogP contribution in [0.5, 0.6) is 11.5 Å². The fraction of sp³-hybridized carbons (Fsp3) is 0.200. The first kappa shape index (κ1) is 21.9. The van der Waals surface area contributed by atoms with Gasteiger partial charge in [0.05, 0.1) is 13.2 Å². The van der Waals surface area contributed by atoms with Gasteiger partial charge in [0.1, 0.15) is 11.5 Å². The average molecular weight is 418 g/mol. The molecule has 0 saturated heterocycles. The van der Waals surface area contributed by atoms with Crippen molar-refractivity contribution in [1.82, 2.24) is 5.32 Å². The number of amides is 2. The lowest BCUT2D eigenvalue weighted by atomic mass is 10.0. The van der Waals surface area contributed by atoms with Crippen molar-refractivity contribution in [2.75, 3.05) is 19.0 Å². The van der Waals surface area contributed by atoms with Gasteiger partial charge in [0, 0.05) is 17.3 Å². The topological polar surface area (TPSA) is 76.7 Å². The molecule has 0 heterocycles. The Morgan fingerprint density at radius 3 is 2.39 bits per heavy atom. The highest BCUT2D eigenvalue weighted by atomic mass is 16.5. The molecule has 2 amide bonds. The van der Waals surface area contributed by atoms with E-state index in [9.17, 15) is 9.59 Å². The van der Waals surface area contributed by atoms with Crippen LogP contribution >= 0.6 is 0 Å². The minimum absolute atomic E-state index is 0.107. The van der Waals surface area contributed by atoms with Gasteiger partial charge in [-0.05, 0) is 61.4 Å². The Bertz CT molecular complexity index is 1050. The number of nitrogens with one attached hydrogen (secondary N) is 2. The number of methoxy groups -OCH3 is 1. The van der Waals surface area contributed by atoms with Crippen molar-refractivity contribution in [2.45, 2.75) is 19.9 Å². The molecule has 0 unspecified atom stereocenters. The molecule has 3 aromatic carbocycles. The molecular formula is C25H26N2O4. The molecule has 0 aliphatic heterocycles. The number of anilines is 1. The highest BCUT2D eigenvalue weighted by Gasteiger charge is 2.13. The number of ether oxygens (including phenoxy) is 2. The summed E-state index contributed by atoms with van der Waals surface area (Å²) in [6, 6.07) is 21.6. The van der Waals surface area contributed by atoms with E-state index in [4.69, 9.17) is 9.47 Å². The molecule has 3 rings (SSSR count). The maximum Gasteiger partial charge on any atom is 0.262 e. The molecule has 2 N–H and O–H groups in total. The van der Waals surface area contributed by atoms with E-state index in [1.165, 1.54) is 0 Å². The van der Waals surface area contributed by atoms with Gasteiger partial charge in [0.2, 0.25) is 0 Å². The van der Waals surface area contributed by atoms with Crippen molar-refractivity contribution in [2.24, 2.45) is 0 Å². The first-order valence-corrected chi connectivity index (χ1v) is 9.99. The maximum absolute atomic E-state index is 12.5. The van der Waals surface area contributed by atoms with Crippen LogP contribution in [0.15, 0.2) is 72.8 Å². The van der Waals surface area contributed by atoms with Crippen LogP contribution in [0.2, 0.25) is 0 Å². The minimum Gasteiger partial charge on any atom is -0.497 e. The van der Waals surface area contributed by atoms with Crippen LogP contribution in [0.1, 0.15) is 34.5 Å². The Kier molecular flexibility index (Phi) is 7.27. The largest absolute Gasteiger partial charge is 0.497 e. The van der Waals surface area contributed by atoms with E-state index in [0.29, 0.717) is 22.7 Å². The van der Waals surface area contributed by atoms with E-state index in [-0.39, 0.29) is 24.5 Å². The van der Waals surface area contributed by atoms with Gasteiger partial charge in [-0.2, -0.15) is 0 Å². The minimum atomic E-state index is -0.290. The summed E-state index contributed by atoms with van der Waals surface area (Å²) in [6.45, 7) is 3.83. The van der Waals surface area contributed by atoms with Crippen LogP contribution in [-0.4, -0.2) is 25.5 Å². The summed E-state index contributed by atoms with van der Waals surface area (Å²) in [4.78, 5) is 24.6. The zero-order valence-electron chi connectivity index (χ0n) is 17.8. The third-order valence-electron chi connectivity index (χ3n) is 4.84. The number of benzene rings is 3. The van der Waals surface area contributed by atoms with Crippen molar-refractivity contribution in [3.05, 3.63) is 89.5 Å². The van der Waals surface area contributed by atoms with E-state index < -0.39 is 0 Å². The molecule has 3 aromatic rings. The lowest BCUT2D eigenvalue weighted by Crippen LogP contribution is -2.27. The lowest BCUT2D eigenvalue weighted by molar-refractivity contribution is -0.118. The molecule has 0 fully saturated rings. The summed E-state index contributed by atoms with van der Waals surface area (Å²) in [6.07, 6.45) is 0. The fourth-order valence-corrected chi connectivity index (χ4v) is 3.18. The molecule has 0 aromatic heterocycles. The van der Waals surface area contributed by atoms with Crippen LogP contribution in [0, 0.1) is 6.92 Å². The lowest BCUT2D eigenvalue weighted by Gasteiger charge is -2.16. The van der Waals surface area contributed by atoms with Gasteiger partial charge in [-0.15, -0.1) is 0 Å². The standard InChI is InChI=1S/C25H26N2O4/c1-17-7-4-5-10-23(17)18(2)26-25(29)19-11-13-21(14-12-19)31-16-24(28)27-20-8-6-9-22(15-20)30-3/h4-15,18H,16H2,1-3H3,(H,26,29)(H,27,28)/t18-/m0/s1. The Hall–Kier alpha value is -3.80. The van der Waals surface area contributed by atoms with Crippen molar-refractivity contribution in [3.63, 3.8) is 0 Å². The predicted octanol–water partition coefficient (Wildman–Crippen LogP) is 4.51. The molecule has 0 aliphatic rings. The van der Waals surface area contributed by atoms with Gasteiger partial charge in [-0.1, -0.05) is 30.3 Å². The number of hydrogen-bond acceptors (Lipinski definition) is 4. The zero-order chi connectivity index (χ0) is 22.2. The summed E-state index contributed by atoms with van der Waals surface area (Å²) in [5.74, 6) is 0.703. The highest BCUT2D eigenvalue weighted by Crippen LogP contribution is 2.19. The van der Waals surface area contributed by atoms with E-state index >= 15 is 0 Å². The number of carbonyl (C=O) groups is 2. The number of hydrogen-bond donors (Lipinski definition) is 2. The zero-order valence-corrected chi connectivity index (χ0v) is 17.8. The van der Waals surface area contributed by atoms with Crippen LogP contribution in [-0.2, 0) is 4.79 Å². The average Bonchev–Trinajstić information content (AvgIpc) is 2.78. The van der Waals surface area contributed by atoms with Crippen LogP contribution in [0.25, 0.3) is 0 Å². The Labute approximate surface area is 182 Å². The van der Waals surface area contributed by atoms with Crippen molar-refractivity contribution < 1.29 is 19.1 Å². The highest BCUT2D eigenvalue weighted by molar-refractivity contribution is 5.94. The fourth-order valence-electron chi connectivity index (χ4n) is 3.18. The monoisotopic (exact) mass is 418 g/mol. The second kappa shape index (κ2) is 10.3. The third-order valence-corrected chi connectivity index (χ3v) is 4.84. The van der Waals surface area contributed by atoms with Crippen molar-refractivity contribution >= 4 is 17.5 Å². The van der Waals surface area contributed by atoms with E-state index in [1.54, 1.807) is 55.6 Å². The summed E-state index contributed by atoms with van der Waals surface area (Å²) >= 11 is 0. The second-order valence-electron chi connectivity index (χ2n) is 7.14. The van der Waals surface area contributed by atoms with E-state index in [1.807, 2.05) is 38.1 Å². The number of carbonyl (C=O) groups excluding carboxylic acids is 2. The molecular weight excluding hydrogens is 392 g/mol. The molecule has 0 spiro atoms. The number of aryl methyl sites for hydroxylation is 1. The molecule has 160 valence electrons. The van der Waals surface area contributed by atoms with Crippen LogP contribution in [0.4, 0.5) is 5.69 Å². The molecule has 31 heavy (non-hydrogen) atoms. The Morgan fingerprint density at radius 1 is 0.935 bits per heavy atom. The van der Waals surface area contributed by atoms with Gasteiger partial charge in [0.25, 0.3) is 11.8 Å². The molecule has 0 aliphatic carbocycles. The normalized spacial score (nSPS) is 11.3. The molecule has 0 radical (unpaired) electrons. The van der Waals surface area contributed by atoms with E-state index in [2.05, 4.69) is 10.6 Å². The van der Waals surface area contributed by atoms with Crippen LogP contribution in [0.3, 0.4) is 0 Å². The first-order valence-electron chi connectivity index (χ1n) is 9.99. The summed E-state index contributed by atoms with van der Waals surface area (Å²) in [5.41, 5.74) is 3.36. The SMILES string of the molecule is COc1cccc(NC(=O)COc2ccc(C(=O)N[C@@H](C)c3ccccc3C)cc2)c1. The third kappa shape index (κ3) is 6.09.